The molecule has 3 heterocycles. The molecule has 1 N–H and O–H groups in total. The highest BCUT2D eigenvalue weighted by Crippen LogP contribution is 2.42. The number of nitrogens with zero attached hydrogens (tertiary/aromatic N) is 6. The average molecular weight is 739 g/mol. The van der Waals surface area contributed by atoms with Gasteiger partial charge >= 0.3 is 0 Å². The summed E-state index contributed by atoms with van der Waals surface area (Å²) in [6.07, 6.45) is 0. The van der Waals surface area contributed by atoms with Crippen LogP contribution in [-0.2, 0) is 0 Å². The Morgan fingerprint density at radius 1 is 0.321 bits per heavy atom. The molecule has 0 unspecified atom stereocenters. The molecule has 0 aliphatic rings. The van der Waals surface area contributed by atoms with E-state index < -0.39 is 0 Å². The number of hydrogen-bond acceptors (Lipinski definition) is 8. The SMILES string of the molecule is Oc1ccccc1-c1ccccc1-c1nc(-c2ccccc2)nc(-c2ccc3c(c2)sc2c(-c4nc(-c5ccccc5)nc(-c5ccccc5)n4)cccc23)n1. The van der Waals surface area contributed by atoms with Gasteiger partial charge in [-0.25, -0.2) is 29.9 Å². The second-order valence-corrected chi connectivity index (χ2v) is 14.3. The lowest BCUT2D eigenvalue weighted by molar-refractivity contribution is 0.477. The van der Waals surface area contributed by atoms with Crippen LogP contribution in [0.5, 0.6) is 5.75 Å². The van der Waals surface area contributed by atoms with Gasteiger partial charge in [-0.2, -0.15) is 0 Å². The molecule has 10 rings (SSSR count). The van der Waals surface area contributed by atoms with E-state index in [1.807, 2.05) is 133 Å². The third-order valence-electron chi connectivity index (χ3n) is 9.73. The summed E-state index contributed by atoms with van der Waals surface area (Å²) in [5, 5.41) is 13.1. The number of aromatic hydroxyl groups is 1. The zero-order chi connectivity index (χ0) is 37.4. The fourth-order valence-electron chi connectivity index (χ4n) is 7.00. The molecule has 56 heavy (non-hydrogen) atoms. The first-order chi connectivity index (χ1) is 27.7. The van der Waals surface area contributed by atoms with Gasteiger partial charge in [0.1, 0.15) is 5.75 Å². The van der Waals surface area contributed by atoms with Crippen molar-refractivity contribution in [2.45, 2.75) is 0 Å². The predicted octanol–water partition coefficient (Wildman–Crippen LogP) is 11.8. The van der Waals surface area contributed by atoms with Crippen LogP contribution in [0.3, 0.4) is 0 Å². The molecule has 0 aliphatic carbocycles. The minimum absolute atomic E-state index is 0.192. The van der Waals surface area contributed by atoms with E-state index >= 15 is 0 Å². The molecule has 0 fully saturated rings. The van der Waals surface area contributed by atoms with Gasteiger partial charge < -0.3 is 5.11 Å². The first-order valence-corrected chi connectivity index (χ1v) is 19.0. The minimum Gasteiger partial charge on any atom is -0.507 e. The summed E-state index contributed by atoms with van der Waals surface area (Å²) in [5.74, 6) is 3.69. The highest BCUT2D eigenvalue weighted by atomic mass is 32.1. The summed E-state index contributed by atoms with van der Waals surface area (Å²) >= 11 is 1.70. The van der Waals surface area contributed by atoms with E-state index in [9.17, 15) is 5.11 Å². The Hall–Kier alpha value is -7.42. The summed E-state index contributed by atoms with van der Waals surface area (Å²) in [5.41, 5.74) is 6.88. The molecule has 8 heteroatoms. The highest BCUT2D eigenvalue weighted by Gasteiger charge is 2.20. The van der Waals surface area contributed by atoms with Crippen LogP contribution >= 0.6 is 11.3 Å². The van der Waals surface area contributed by atoms with E-state index in [0.717, 1.165) is 59.1 Å². The average Bonchev–Trinajstić information content (AvgIpc) is 3.65. The van der Waals surface area contributed by atoms with E-state index in [-0.39, 0.29) is 5.75 Å². The second-order valence-electron chi connectivity index (χ2n) is 13.3. The molecular formula is C48H30N6OS. The summed E-state index contributed by atoms with van der Waals surface area (Å²) in [4.78, 5) is 30.1. The lowest BCUT2D eigenvalue weighted by Crippen LogP contribution is -2.01. The Balaban J connectivity index is 1.13. The van der Waals surface area contributed by atoms with Crippen molar-refractivity contribution in [2.75, 3.05) is 0 Å². The number of aromatic nitrogens is 6. The maximum atomic E-state index is 10.8. The lowest BCUT2D eigenvalue weighted by atomic mass is 9.98. The molecule has 0 saturated carbocycles. The number of phenolic OH excluding ortho intramolecular Hbond substituents is 1. The second kappa shape index (κ2) is 14.1. The van der Waals surface area contributed by atoms with Gasteiger partial charge in [-0.3, -0.25) is 0 Å². The number of para-hydroxylation sites is 1. The van der Waals surface area contributed by atoms with Gasteiger partial charge in [-0.15, -0.1) is 11.3 Å². The fraction of sp³-hybridized carbons (Fsp3) is 0. The van der Waals surface area contributed by atoms with E-state index in [0.29, 0.717) is 40.5 Å². The van der Waals surface area contributed by atoms with Crippen molar-refractivity contribution in [2.24, 2.45) is 0 Å². The van der Waals surface area contributed by atoms with Crippen molar-refractivity contribution in [3.8, 4) is 85.2 Å². The van der Waals surface area contributed by atoms with Crippen molar-refractivity contribution in [1.82, 2.24) is 29.9 Å². The van der Waals surface area contributed by atoms with E-state index in [2.05, 4.69) is 36.4 Å². The first kappa shape index (κ1) is 33.2. The van der Waals surface area contributed by atoms with Crippen molar-refractivity contribution in [1.29, 1.82) is 0 Å². The third kappa shape index (κ3) is 6.14. The van der Waals surface area contributed by atoms with Crippen molar-refractivity contribution in [3.63, 3.8) is 0 Å². The molecule has 0 spiro atoms. The van der Waals surface area contributed by atoms with Crippen LogP contribution in [0.2, 0.25) is 0 Å². The molecule has 264 valence electrons. The number of phenols is 1. The molecule has 7 nitrogen and oxygen atoms in total. The van der Waals surface area contributed by atoms with E-state index in [1.54, 1.807) is 17.4 Å². The van der Waals surface area contributed by atoms with Crippen LogP contribution in [0, 0.1) is 0 Å². The number of fused-ring (bicyclic) bond motifs is 3. The largest absolute Gasteiger partial charge is 0.507 e. The maximum Gasteiger partial charge on any atom is 0.165 e. The van der Waals surface area contributed by atoms with Crippen LogP contribution in [-0.4, -0.2) is 35.0 Å². The van der Waals surface area contributed by atoms with Crippen molar-refractivity contribution >= 4 is 31.5 Å². The zero-order valence-electron chi connectivity index (χ0n) is 29.8. The van der Waals surface area contributed by atoms with Crippen LogP contribution in [0.15, 0.2) is 176 Å². The minimum atomic E-state index is 0.192. The highest BCUT2D eigenvalue weighted by molar-refractivity contribution is 7.26. The molecular weight excluding hydrogens is 709 g/mol. The Morgan fingerprint density at radius 2 is 0.768 bits per heavy atom. The van der Waals surface area contributed by atoms with Crippen molar-refractivity contribution in [3.05, 3.63) is 176 Å². The Labute approximate surface area is 326 Å². The summed E-state index contributed by atoms with van der Waals surface area (Å²) < 4.78 is 2.17. The molecule has 0 aliphatic heterocycles. The smallest absolute Gasteiger partial charge is 0.165 e. The first-order valence-electron chi connectivity index (χ1n) is 18.2. The predicted molar refractivity (Wildman–Crippen MR) is 226 cm³/mol. The number of hydrogen-bond donors (Lipinski definition) is 1. The monoisotopic (exact) mass is 738 g/mol. The summed E-state index contributed by atoms with van der Waals surface area (Å²) in [6, 6.07) is 57.9. The van der Waals surface area contributed by atoms with Gasteiger partial charge in [0.15, 0.2) is 34.9 Å². The lowest BCUT2D eigenvalue weighted by Gasteiger charge is -2.12. The topological polar surface area (TPSA) is 97.6 Å². The van der Waals surface area contributed by atoms with Gasteiger partial charge in [0.2, 0.25) is 0 Å². The van der Waals surface area contributed by atoms with E-state index in [4.69, 9.17) is 29.9 Å². The maximum absolute atomic E-state index is 10.8. The van der Waals surface area contributed by atoms with Gasteiger partial charge in [-0.05, 0) is 23.8 Å². The molecule has 3 aromatic heterocycles. The third-order valence-corrected chi connectivity index (χ3v) is 10.9. The van der Waals surface area contributed by atoms with Gasteiger partial charge in [0, 0.05) is 59.1 Å². The molecule has 10 aromatic rings. The Kier molecular flexibility index (Phi) is 8.35. The van der Waals surface area contributed by atoms with Gasteiger partial charge in [-0.1, -0.05) is 158 Å². The molecule has 0 amide bonds. The summed E-state index contributed by atoms with van der Waals surface area (Å²) in [7, 11) is 0. The van der Waals surface area contributed by atoms with Crippen LogP contribution < -0.4 is 0 Å². The Morgan fingerprint density at radius 3 is 1.34 bits per heavy atom. The van der Waals surface area contributed by atoms with Crippen LogP contribution in [0.25, 0.3) is 99.6 Å². The zero-order valence-corrected chi connectivity index (χ0v) is 30.6. The van der Waals surface area contributed by atoms with Gasteiger partial charge in [0.25, 0.3) is 0 Å². The normalized spacial score (nSPS) is 11.3. The summed E-state index contributed by atoms with van der Waals surface area (Å²) in [6.45, 7) is 0. The molecule has 0 atom stereocenters. The molecule has 7 aromatic carbocycles. The fourth-order valence-corrected chi connectivity index (χ4v) is 8.25. The van der Waals surface area contributed by atoms with Crippen molar-refractivity contribution < 1.29 is 5.11 Å². The van der Waals surface area contributed by atoms with E-state index in [1.165, 1.54) is 0 Å². The molecule has 0 bridgehead atoms. The molecule has 0 saturated heterocycles. The standard InChI is InChI=1S/C48H30N6OS/c55-40-26-13-12-22-35(40)34-21-10-11-23-38(34)47-51-45(32-19-8-3-9-20-32)50-46(54-47)33-27-28-36-37-24-14-25-39(42(37)56-41(36)29-33)48-52-43(30-15-4-1-5-16-30)49-44(53-48)31-17-6-2-7-18-31/h1-29,55H. The quantitative estimate of drug-likeness (QED) is 0.174. The Bertz CT molecular complexity index is 2980. The van der Waals surface area contributed by atoms with Gasteiger partial charge in [0.05, 0.1) is 0 Å². The molecule has 0 radical (unpaired) electrons. The number of rotatable bonds is 7. The van der Waals surface area contributed by atoms with Crippen LogP contribution in [0.4, 0.5) is 0 Å². The number of thiophene rings is 1. The number of benzene rings is 7. The van der Waals surface area contributed by atoms with Crippen LogP contribution in [0.1, 0.15) is 0 Å².